The first-order valence-electron chi connectivity index (χ1n) is 11.6. The minimum atomic E-state index is 0. The van der Waals surface area contributed by atoms with Crippen molar-refractivity contribution in [2.45, 2.75) is 51.0 Å². The zero-order valence-electron chi connectivity index (χ0n) is 20.3. The Morgan fingerprint density at radius 2 is 1.73 bits per heavy atom. The third kappa shape index (κ3) is 7.28. The summed E-state index contributed by atoms with van der Waals surface area (Å²) in [4.78, 5) is 19.2. The summed E-state index contributed by atoms with van der Waals surface area (Å²) in [6.45, 7) is 2.23. The molecule has 2 fully saturated rings. The van der Waals surface area contributed by atoms with Gasteiger partial charge >= 0.3 is 0 Å². The molecule has 1 aliphatic heterocycles. The van der Waals surface area contributed by atoms with E-state index in [2.05, 4.69) is 15.6 Å². The molecule has 3 rings (SSSR count). The third-order valence-corrected chi connectivity index (χ3v) is 6.50. The van der Waals surface area contributed by atoms with Gasteiger partial charge in [0.1, 0.15) is 17.2 Å². The lowest BCUT2D eigenvalue weighted by Crippen LogP contribution is -2.46. The summed E-state index contributed by atoms with van der Waals surface area (Å²) in [6.07, 6.45) is 7.39. The number of hydrogen-bond donors (Lipinski definition) is 2. The number of guanidine groups is 1. The largest absolute Gasteiger partial charge is 0.496 e. The first-order valence-corrected chi connectivity index (χ1v) is 11.6. The molecule has 9 heteroatoms. The molecule has 33 heavy (non-hydrogen) atoms. The van der Waals surface area contributed by atoms with E-state index in [1.807, 2.05) is 17.0 Å². The maximum absolute atomic E-state index is 12.8. The highest BCUT2D eigenvalue weighted by molar-refractivity contribution is 14.0. The van der Waals surface area contributed by atoms with Gasteiger partial charge in [-0.1, -0.05) is 19.3 Å². The Kier molecular flexibility index (Phi) is 11.4. The van der Waals surface area contributed by atoms with E-state index in [4.69, 9.17) is 14.2 Å². The molecule has 1 heterocycles. The molecule has 1 atom stereocenters. The van der Waals surface area contributed by atoms with Crippen LogP contribution in [0, 0.1) is 5.92 Å². The van der Waals surface area contributed by atoms with Crippen LogP contribution in [0.2, 0.25) is 0 Å². The van der Waals surface area contributed by atoms with E-state index in [0.717, 1.165) is 55.4 Å². The number of nitrogens with zero attached hydrogens (tertiary/aromatic N) is 2. The Bertz CT molecular complexity index is 774. The van der Waals surface area contributed by atoms with Crippen molar-refractivity contribution >= 4 is 35.8 Å². The minimum absolute atomic E-state index is 0. The minimum Gasteiger partial charge on any atom is -0.496 e. The van der Waals surface area contributed by atoms with E-state index < -0.39 is 0 Å². The lowest BCUT2D eigenvalue weighted by molar-refractivity contribution is -0.135. The first-order chi connectivity index (χ1) is 15.6. The van der Waals surface area contributed by atoms with Crippen molar-refractivity contribution in [1.29, 1.82) is 0 Å². The second kappa shape index (κ2) is 13.7. The number of likely N-dealkylation sites (tertiary alicyclic amines) is 1. The third-order valence-electron chi connectivity index (χ3n) is 6.50. The lowest BCUT2D eigenvalue weighted by Gasteiger charge is -2.26. The van der Waals surface area contributed by atoms with E-state index in [1.54, 1.807) is 28.4 Å². The van der Waals surface area contributed by atoms with Gasteiger partial charge in [-0.25, -0.2) is 0 Å². The summed E-state index contributed by atoms with van der Waals surface area (Å²) >= 11 is 0. The maximum atomic E-state index is 12.8. The Labute approximate surface area is 214 Å². The fraction of sp³-hybridized carbons (Fsp3) is 0.667. The van der Waals surface area contributed by atoms with Gasteiger partial charge in [-0.2, -0.15) is 0 Å². The number of nitrogens with one attached hydrogen (secondary N) is 2. The molecule has 1 saturated carbocycles. The van der Waals surface area contributed by atoms with Gasteiger partial charge < -0.3 is 29.7 Å². The van der Waals surface area contributed by atoms with E-state index in [1.165, 1.54) is 19.3 Å². The molecule has 1 aliphatic carbocycles. The predicted molar refractivity (Wildman–Crippen MR) is 141 cm³/mol. The smallest absolute Gasteiger partial charge is 0.225 e. The number of rotatable bonds is 8. The average Bonchev–Trinajstić information content (AvgIpc) is 3.31. The molecule has 2 N–H and O–H groups in total. The Balaban J connectivity index is 0.00000385. The number of hydrogen-bond acceptors (Lipinski definition) is 5. The van der Waals surface area contributed by atoms with Gasteiger partial charge in [-0.3, -0.25) is 9.79 Å². The number of methoxy groups -OCH3 is 3. The van der Waals surface area contributed by atoms with E-state index >= 15 is 0 Å². The van der Waals surface area contributed by atoms with E-state index in [9.17, 15) is 4.79 Å². The molecular weight excluding hydrogens is 535 g/mol. The molecule has 8 nitrogen and oxygen atoms in total. The summed E-state index contributed by atoms with van der Waals surface area (Å²) in [5, 5.41) is 6.85. The molecule has 0 radical (unpaired) electrons. The topological polar surface area (TPSA) is 84.4 Å². The van der Waals surface area contributed by atoms with Crippen molar-refractivity contribution in [2.75, 3.05) is 48.0 Å². The molecule has 0 spiro atoms. The number of benzene rings is 1. The second-order valence-electron chi connectivity index (χ2n) is 8.51. The van der Waals surface area contributed by atoms with E-state index in [-0.39, 0.29) is 35.9 Å². The number of carbonyl (C=O) groups excluding carboxylic acids is 1. The monoisotopic (exact) mass is 574 g/mol. The van der Waals surface area contributed by atoms with Gasteiger partial charge in [0.15, 0.2) is 5.96 Å². The molecule has 1 aromatic rings. The Hall–Kier alpha value is -1.91. The van der Waals surface area contributed by atoms with Crippen LogP contribution in [0.25, 0.3) is 0 Å². The number of carbonyl (C=O) groups is 1. The molecule has 0 bridgehead atoms. The van der Waals surface area contributed by atoms with Gasteiger partial charge in [0.2, 0.25) is 5.91 Å². The van der Waals surface area contributed by atoms with E-state index in [0.29, 0.717) is 24.6 Å². The number of aliphatic imine (C=N–C) groups is 1. The van der Waals surface area contributed by atoms with Crippen LogP contribution >= 0.6 is 24.0 Å². The van der Waals surface area contributed by atoms with Crippen molar-refractivity contribution in [1.82, 2.24) is 15.5 Å². The SMILES string of the molecule is CN=C(NCCc1c(OC)cc(OC)cc1OC)NC1CCN(C(=O)C2CCCCC2)C1.I. The predicted octanol–water partition coefficient (Wildman–Crippen LogP) is 3.22. The second-order valence-corrected chi connectivity index (χ2v) is 8.51. The standard InChI is InChI=1S/C24H38N4O4.HI/c1-25-24(26-12-10-20-21(31-3)14-19(30-2)15-22(20)32-4)27-18-11-13-28(16-18)23(29)17-8-6-5-7-9-17;/h14-15,17-18H,5-13,16H2,1-4H3,(H2,25,26,27);1H. The van der Waals surface area contributed by atoms with Crippen molar-refractivity contribution in [2.24, 2.45) is 10.9 Å². The molecule has 2 aliphatic rings. The molecule has 1 saturated heterocycles. The van der Waals surface area contributed by atoms with Crippen molar-refractivity contribution in [3.63, 3.8) is 0 Å². The van der Waals surface area contributed by atoms with Gasteiger partial charge in [0, 0.05) is 56.3 Å². The van der Waals surface area contributed by atoms with Gasteiger partial charge in [0.25, 0.3) is 0 Å². The van der Waals surface area contributed by atoms with Gasteiger partial charge in [0.05, 0.1) is 21.3 Å². The average molecular weight is 575 g/mol. The van der Waals surface area contributed by atoms with Crippen LogP contribution in [0.15, 0.2) is 17.1 Å². The number of amides is 1. The van der Waals surface area contributed by atoms with Crippen molar-refractivity contribution in [3.05, 3.63) is 17.7 Å². The fourth-order valence-corrected chi connectivity index (χ4v) is 4.70. The summed E-state index contributed by atoms with van der Waals surface area (Å²) in [5.74, 6) is 3.48. The van der Waals surface area contributed by atoms with Crippen molar-refractivity contribution in [3.8, 4) is 17.2 Å². The Morgan fingerprint density at radius 1 is 1.06 bits per heavy atom. The van der Waals surface area contributed by atoms with Crippen LogP contribution in [0.5, 0.6) is 17.2 Å². The van der Waals surface area contributed by atoms with Crippen LogP contribution in [0.1, 0.15) is 44.1 Å². The van der Waals surface area contributed by atoms with Crippen molar-refractivity contribution < 1.29 is 19.0 Å². The van der Waals surface area contributed by atoms with Gasteiger partial charge in [-0.15, -0.1) is 24.0 Å². The van der Waals surface area contributed by atoms with Gasteiger partial charge in [-0.05, 0) is 25.7 Å². The lowest BCUT2D eigenvalue weighted by atomic mass is 9.88. The first kappa shape index (κ1) is 27.3. The number of ether oxygens (including phenoxy) is 3. The van der Waals surface area contributed by atoms with Crippen LogP contribution in [-0.4, -0.2) is 70.8 Å². The molecular formula is C24H39IN4O4. The summed E-state index contributed by atoms with van der Waals surface area (Å²) < 4.78 is 16.4. The number of halogens is 1. The Morgan fingerprint density at radius 3 is 2.30 bits per heavy atom. The highest BCUT2D eigenvalue weighted by atomic mass is 127. The highest BCUT2D eigenvalue weighted by Gasteiger charge is 2.31. The molecule has 1 unspecified atom stereocenters. The fourth-order valence-electron chi connectivity index (χ4n) is 4.70. The molecule has 0 aromatic heterocycles. The maximum Gasteiger partial charge on any atom is 0.225 e. The summed E-state index contributed by atoms with van der Waals surface area (Å²) in [6, 6.07) is 3.95. The zero-order chi connectivity index (χ0) is 22.9. The molecule has 186 valence electrons. The highest BCUT2D eigenvalue weighted by Crippen LogP contribution is 2.34. The van der Waals surface area contributed by atoms with Crippen LogP contribution in [-0.2, 0) is 11.2 Å². The zero-order valence-corrected chi connectivity index (χ0v) is 22.6. The molecule has 1 aromatic carbocycles. The summed E-state index contributed by atoms with van der Waals surface area (Å²) in [5.41, 5.74) is 0.976. The van der Waals surface area contributed by atoms with Crippen LogP contribution in [0.3, 0.4) is 0 Å². The summed E-state index contributed by atoms with van der Waals surface area (Å²) in [7, 11) is 6.68. The van der Waals surface area contributed by atoms with Crippen LogP contribution < -0.4 is 24.8 Å². The molecule has 1 amide bonds. The quantitative estimate of drug-likeness (QED) is 0.282. The normalized spacial score (nSPS) is 19.0. The van der Waals surface area contributed by atoms with Crippen LogP contribution in [0.4, 0.5) is 0 Å².